The predicted octanol–water partition coefficient (Wildman–Crippen LogP) is 4.51. The van der Waals surface area contributed by atoms with Crippen molar-refractivity contribution in [2.45, 2.75) is 25.8 Å². The molecule has 0 saturated heterocycles. The Morgan fingerprint density at radius 2 is 1.54 bits per heavy atom. The third kappa shape index (κ3) is 3.63. The van der Waals surface area contributed by atoms with Gasteiger partial charge in [0.25, 0.3) is 12.9 Å². The largest absolute Gasteiger partial charge is 0.319 e. The fourth-order valence-electron chi connectivity index (χ4n) is 2.03. The number of carbonyl (C=O) groups is 1. The van der Waals surface area contributed by atoms with Crippen LogP contribution in [0.25, 0.3) is 0 Å². The topological polar surface area (TPSA) is 46.9 Å². The van der Waals surface area contributed by atoms with E-state index in [0.717, 1.165) is 6.92 Å². The van der Waals surface area contributed by atoms with Crippen molar-refractivity contribution in [2.75, 3.05) is 5.32 Å². The summed E-state index contributed by atoms with van der Waals surface area (Å²) in [6.07, 6.45) is -6.50. The van der Waals surface area contributed by atoms with Gasteiger partial charge in [-0.1, -0.05) is 0 Å². The van der Waals surface area contributed by atoms with Crippen molar-refractivity contribution < 1.29 is 39.9 Å². The summed E-state index contributed by atoms with van der Waals surface area (Å²) in [7, 11) is 0. The van der Waals surface area contributed by atoms with Crippen molar-refractivity contribution in [1.82, 2.24) is 9.78 Å². The van der Waals surface area contributed by atoms with E-state index in [2.05, 4.69) is 5.10 Å². The molecule has 0 spiro atoms. The van der Waals surface area contributed by atoms with Gasteiger partial charge in [0.2, 0.25) is 5.91 Å². The molecule has 0 aliphatic carbocycles. The maximum atomic E-state index is 13.5. The minimum atomic E-state index is -3.29. The van der Waals surface area contributed by atoms with E-state index < -0.39 is 65.1 Å². The summed E-state index contributed by atoms with van der Waals surface area (Å²) in [6.45, 7) is 0.912. The molecule has 1 aromatic heterocycles. The van der Waals surface area contributed by atoms with Crippen LogP contribution in [0.15, 0.2) is 12.1 Å². The lowest BCUT2D eigenvalue weighted by atomic mass is 10.2. The highest BCUT2D eigenvalue weighted by molar-refractivity contribution is 5.93. The Morgan fingerprint density at radius 1 is 1.00 bits per heavy atom. The number of amides is 1. The first-order valence-corrected chi connectivity index (χ1v) is 6.84. The smallest absolute Gasteiger partial charge is 0.282 e. The Bertz CT molecular complexity index is 810. The van der Waals surface area contributed by atoms with Gasteiger partial charge < -0.3 is 5.32 Å². The third-order valence-electron chi connectivity index (χ3n) is 3.34. The normalized spacial score (nSPS) is 12.7. The number of aromatic nitrogens is 2. The minimum absolute atomic E-state index is 0.0962. The highest BCUT2D eigenvalue weighted by Crippen LogP contribution is 2.29. The number of anilines is 1. The number of benzene rings is 1. The Kier molecular flexibility index (Phi) is 5.52. The Labute approximate surface area is 140 Å². The number of hydrogen-bond donors (Lipinski definition) is 1. The zero-order valence-corrected chi connectivity index (χ0v) is 12.7. The molecule has 4 nitrogen and oxygen atoms in total. The molecule has 1 atom stereocenters. The van der Waals surface area contributed by atoms with Gasteiger partial charge in [0.05, 0.1) is 0 Å². The summed E-state index contributed by atoms with van der Waals surface area (Å²) in [5.74, 6) is -8.88. The fraction of sp³-hybridized carbons (Fsp3) is 0.286. The molecule has 12 heteroatoms. The predicted molar refractivity (Wildman–Crippen MR) is 71.8 cm³/mol. The molecule has 0 saturated carbocycles. The van der Waals surface area contributed by atoms with Crippen LogP contribution in [0.3, 0.4) is 0 Å². The van der Waals surface area contributed by atoms with Gasteiger partial charge in [-0.2, -0.15) is 5.10 Å². The van der Waals surface area contributed by atoms with Crippen molar-refractivity contribution in [2.24, 2.45) is 0 Å². The maximum absolute atomic E-state index is 13.5. The van der Waals surface area contributed by atoms with E-state index >= 15 is 0 Å². The van der Waals surface area contributed by atoms with Crippen LogP contribution in [0.4, 0.5) is 40.8 Å². The molecule has 2 rings (SSSR count). The van der Waals surface area contributed by atoms with Crippen molar-refractivity contribution in [3.05, 3.63) is 46.8 Å². The average molecular weight is 387 g/mol. The van der Waals surface area contributed by atoms with Crippen LogP contribution in [0.1, 0.15) is 37.2 Å². The molecule has 1 N–H and O–H groups in total. The van der Waals surface area contributed by atoms with Gasteiger partial charge in [-0.05, 0) is 13.0 Å². The Morgan fingerprint density at radius 3 is 2.00 bits per heavy atom. The summed E-state index contributed by atoms with van der Waals surface area (Å²) < 4.78 is 105. The van der Waals surface area contributed by atoms with Crippen LogP contribution in [-0.2, 0) is 4.79 Å². The van der Waals surface area contributed by atoms with Crippen molar-refractivity contribution in [3.8, 4) is 0 Å². The fourth-order valence-corrected chi connectivity index (χ4v) is 2.03. The van der Waals surface area contributed by atoms with Gasteiger partial charge in [0.1, 0.15) is 23.1 Å². The molecule has 1 aromatic carbocycles. The summed E-state index contributed by atoms with van der Waals surface area (Å²) in [5, 5.41) is 4.66. The van der Waals surface area contributed by atoms with Crippen LogP contribution in [0.2, 0.25) is 0 Å². The second-order valence-electron chi connectivity index (χ2n) is 5.05. The lowest BCUT2D eigenvalue weighted by Gasteiger charge is -2.16. The molecule has 0 aliphatic heterocycles. The Balaban J connectivity index is 2.37. The number of halogens is 8. The lowest BCUT2D eigenvalue weighted by Crippen LogP contribution is -2.27. The van der Waals surface area contributed by atoms with Gasteiger partial charge >= 0.3 is 0 Å². The molecule has 0 fully saturated rings. The highest BCUT2D eigenvalue weighted by Gasteiger charge is 2.29. The lowest BCUT2D eigenvalue weighted by molar-refractivity contribution is -0.119. The zero-order chi connectivity index (χ0) is 19.8. The van der Waals surface area contributed by atoms with Gasteiger partial charge in [-0.15, -0.1) is 0 Å². The summed E-state index contributed by atoms with van der Waals surface area (Å²) in [5.41, 5.74) is -3.58. The summed E-state index contributed by atoms with van der Waals surface area (Å²) in [6, 6.07) is -1.49. The van der Waals surface area contributed by atoms with E-state index in [4.69, 9.17) is 0 Å². The van der Waals surface area contributed by atoms with Crippen LogP contribution < -0.4 is 5.32 Å². The van der Waals surface area contributed by atoms with Gasteiger partial charge in [-0.25, -0.2) is 35.1 Å². The maximum Gasteiger partial charge on any atom is 0.282 e. The number of hydrogen-bond acceptors (Lipinski definition) is 2. The van der Waals surface area contributed by atoms with E-state index in [1.54, 1.807) is 0 Å². The van der Waals surface area contributed by atoms with E-state index in [-0.39, 0.29) is 10.7 Å². The highest BCUT2D eigenvalue weighted by atomic mass is 19.3. The summed E-state index contributed by atoms with van der Waals surface area (Å²) in [4.78, 5) is 12.0. The van der Waals surface area contributed by atoms with Crippen molar-refractivity contribution in [1.29, 1.82) is 0 Å². The van der Waals surface area contributed by atoms with Crippen LogP contribution in [0, 0.1) is 23.3 Å². The van der Waals surface area contributed by atoms with Crippen molar-refractivity contribution >= 4 is 11.6 Å². The quantitative estimate of drug-likeness (QED) is 0.606. The number of nitrogens with one attached hydrogen (secondary N) is 1. The Hall–Kier alpha value is -2.66. The second-order valence-corrected chi connectivity index (χ2v) is 5.05. The van der Waals surface area contributed by atoms with Gasteiger partial charge in [0, 0.05) is 6.07 Å². The number of nitrogens with zero attached hydrogens (tertiary/aromatic N) is 2. The summed E-state index contributed by atoms with van der Waals surface area (Å²) >= 11 is 0. The first-order valence-electron chi connectivity index (χ1n) is 6.84. The molecule has 26 heavy (non-hydrogen) atoms. The van der Waals surface area contributed by atoms with Gasteiger partial charge in [0.15, 0.2) is 23.3 Å². The standard InChI is InChI=1S/C14H9F8N3O/c1-4(25-8(13(21)22)3-7(24-25)12(19)20)14(26)23-11-9(17)5(15)2-6(16)10(11)18/h2-4,12-13H,1H3,(H,23,26). The minimum Gasteiger partial charge on any atom is -0.319 e. The molecular weight excluding hydrogens is 378 g/mol. The first kappa shape index (κ1) is 19.7. The molecule has 2 aromatic rings. The molecule has 1 heterocycles. The van der Waals surface area contributed by atoms with Crippen LogP contribution in [-0.4, -0.2) is 15.7 Å². The SMILES string of the molecule is CC(C(=O)Nc1c(F)c(F)cc(F)c1F)n1nc(C(F)F)cc1C(F)F. The molecule has 142 valence electrons. The average Bonchev–Trinajstić information content (AvgIpc) is 3.02. The molecule has 0 aliphatic rings. The number of carbonyl (C=O) groups excluding carboxylic acids is 1. The molecule has 0 radical (unpaired) electrons. The molecule has 0 bridgehead atoms. The monoisotopic (exact) mass is 387 g/mol. The molecular formula is C14H9F8N3O. The van der Waals surface area contributed by atoms with E-state index in [0.29, 0.717) is 6.07 Å². The first-order chi connectivity index (χ1) is 12.0. The molecule has 1 amide bonds. The van der Waals surface area contributed by atoms with Crippen LogP contribution >= 0.6 is 0 Å². The second kappa shape index (κ2) is 7.30. The van der Waals surface area contributed by atoms with E-state index in [9.17, 15) is 39.9 Å². The number of rotatable bonds is 5. The van der Waals surface area contributed by atoms with E-state index in [1.807, 2.05) is 0 Å². The molecule has 1 unspecified atom stereocenters. The van der Waals surface area contributed by atoms with Crippen LogP contribution in [0.5, 0.6) is 0 Å². The van der Waals surface area contributed by atoms with E-state index in [1.165, 1.54) is 5.32 Å². The third-order valence-corrected chi connectivity index (χ3v) is 3.34. The van der Waals surface area contributed by atoms with Crippen molar-refractivity contribution in [3.63, 3.8) is 0 Å². The van der Waals surface area contributed by atoms with Gasteiger partial charge in [-0.3, -0.25) is 9.48 Å². The zero-order valence-electron chi connectivity index (χ0n) is 12.7. The number of alkyl halides is 4.